The van der Waals surface area contributed by atoms with Crippen LogP contribution in [0.5, 0.6) is 17.2 Å². The van der Waals surface area contributed by atoms with Gasteiger partial charge in [-0.3, -0.25) is 9.69 Å². The Labute approximate surface area is 166 Å². The molecule has 0 radical (unpaired) electrons. The summed E-state index contributed by atoms with van der Waals surface area (Å²) >= 11 is 0. The Morgan fingerprint density at radius 1 is 0.893 bits per heavy atom. The maximum Gasteiger partial charge on any atom is 0.260 e. The predicted octanol–water partition coefficient (Wildman–Crippen LogP) is 2.61. The number of nitrogens with zero attached hydrogens (tertiary/aromatic N) is 2. The van der Waals surface area contributed by atoms with Crippen molar-refractivity contribution in [3.05, 3.63) is 54.1 Å². The fraction of sp³-hybridized carbons (Fsp3) is 0.409. The Morgan fingerprint density at radius 3 is 2.21 bits per heavy atom. The van der Waals surface area contributed by atoms with Crippen LogP contribution >= 0.6 is 0 Å². The van der Waals surface area contributed by atoms with Crippen LogP contribution < -0.4 is 14.2 Å². The lowest BCUT2D eigenvalue weighted by Crippen LogP contribution is -2.50. The molecule has 2 aromatic carbocycles. The third-order valence-electron chi connectivity index (χ3n) is 4.90. The van der Waals surface area contributed by atoms with Crippen molar-refractivity contribution in [1.29, 1.82) is 0 Å². The van der Waals surface area contributed by atoms with Crippen molar-refractivity contribution in [2.24, 2.45) is 0 Å². The number of rotatable bonds is 8. The van der Waals surface area contributed by atoms with Gasteiger partial charge in [0, 0.05) is 32.7 Å². The molecule has 1 heterocycles. The SMILES string of the molecule is COc1ccccc1OCC(=O)N1CCN(CCOc2ccccc2C)CC1. The van der Waals surface area contributed by atoms with E-state index < -0.39 is 0 Å². The first-order valence-electron chi connectivity index (χ1n) is 9.62. The van der Waals surface area contributed by atoms with Crippen molar-refractivity contribution in [1.82, 2.24) is 9.80 Å². The van der Waals surface area contributed by atoms with Crippen molar-refractivity contribution >= 4 is 5.91 Å². The highest BCUT2D eigenvalue weighted by Crippen LogP contribution is 2.25. The van der Waals surface area contributed by atoms with E-state index in [0.29, 0.717) is 31.2 Å². The lowest BCUT2D eigenvalue weighted by atomic mass is 10.2. The minimum absolute atomic E-state index is 0.00159. The number of benzene rings is 2. The van der Waals surface area contributed by atoms with Crippen molar-refractivity contribution in [3.8, 4) is 17.2 Å². The van der Waals surface area contributed by atoms with Gasteiger partial charge in [-0.05, 0) is 30.7 Å². The second-order valence-corrected chi connectivity index (χ2v) is 6.78. The molecule has 1 amide bonds. The Morgan fingerprint density at radius 2 is 1.54 bits per heavy atom. The largest absolute Gasteiger partial charge is 0.493 e. The molecule has 0 atom stereocenters. The number of para-hydroxylation sites is 3. The summed E-state index contributed by atoms with van der Waals surface area (Å²) in [6.07, 6.45) is 0. The summed E-state index contributed by atoms with van der Waals surface area (Å²) in [6, 6.07) is 15.4. The molecule has 1 fully saturated rings. The quantitative estimate of drug-likeness (QED) is 0.700. The first kappa shape index (κ1) is 20.0. The van der Waals surface area contributed by atoms with Gasteiger partial charge in [0.05, 0.1) is 7.11 Å². The van der Waals surface area contributed by atoms with Crippen LogP contribution in [0.15, 0.2) is 48.5 Å². The van der Waals surface area contributed by atoms with Crippen molar-refractivity contribution < 1.29 is 19.0 Å². The van der Waals surface area contributed by atoms with E-state index in [1.165, 1.54) is 0 Å². The number of carbonyl (C=O) groups is 1. The Bertz CT molecular complexity index is 773. The molecule has 1 aliphatic heterocycles. The molecule has 0 N–H and O–H groups in total. The standard InChI is InChI=1S/C22H28N2O4/c1-18-7-3-4-8-19(18)27-16-15-23-11-13-24(14-12-23)22(25)17-28-21-10-6-5-9-20(21)26-2/h3-10H,11-17H2,1-2H3. The van der Waals surface area contributed by atoms with Gasteiger partial charge in [0.15, 0.2) is 18.1 Å². The van der Waals surface area contributed by atoms with Gasteiger partial charge < -0.3 is 19.1 Å². The fourth-order valence-corrected chi connectivity index (χ4v) is 3.19. The number of amides is 1. The lowest BCUT2D eigenvalue weighted by molar-refractivity contribution is -0.135. The van der Waals surface area contributed by atoms with Gasteiger partial charge in [-0.1, -0.05) is 30.3 Å². The average Bonchev–Trinajstić information content (AvgIpc) is 2.74. The van der Waals surface area contributed by atoms with Crippen molar-refractivity contribution in [2.75, 3.05) is 53.0 Å². The topological polar surface area (TPSA) is 51.2 Å². The Kier molecular flexibility index (Phi) is 7.14. The number of aryl methyl sites for hydroxylation is 1. The van der Waals surface area contributed by atoms with E-state index in [-0.39, 0.29) is 12.5 Å². The van der Waals surface area contributed by atoms with Crippen LogP contribution in [0.4, 0.5) is 0 Å². The minimum Gasteiger partial charge on any atom is -0.493 e. The minimum atomic E-state index is 0.00159. The summed E-state index contributed by atoms with van der Waals surface area (Å²) in [6.45, 7) is 6.68. The summed E-state index contributed by atoms with van der Waals surface area (Å²) < 4.78 is 16.8. The number of ether oxygens (including phenoxy) is 3. The molecule has 150 valence electrons. The van der Waals surface area contributed by atoms with E-state index in [1.807, 2.05) is 54.3 Å². The van der Waals surface area contributed by atoms with Gasteiger partial charge in [0.2, 0.25) is 0 Å². The van der Waals surface area contributed by atoms with E-state index in [2.05, 4.69) is 4.90 Å². The summed E-state index contributed by atoms with van der Waals surface area (Å²) in [5.41, 5.74) is 1.15. The highest BCUT2D eigenvalue weighted by atomic mass is 16.5. The van der Waals surface area contributed by atoms with Crippen LogP contribution in [0.1, 0.15) is 5.56 Å². The number of piperazine rings is 1. The van der Waals surface area contributed by atoms with Crippen LogP contribution in [-0.4, -0.2) is 68.8 Å². The van der Waals surface area contributed by atoms with Gasteiger partial charge in [0.1, 0.15) is 12.4 Å². The summed E-state index contributed by atoms with van der Waals surface area (Å²) in [5.74, 6) is 2.16. The second-order valence-electron chi connectivity index (χ2n) is 6.78. The van der Waals surface area contributed by atoms with Crippen LogP contribution in [0.2, 0.25) is 0 Å². The highest BCUT2D eigenvalue weighted by Gasteiger charge is 2.21. The zero-order valence-electron chi connectivity index (χ0n) is 16.6. The average molecular weight is 384 g/mol. The van der Waals surface area contributed by atoms with E-state index in [1.54, 1.807) is 13.2 Å². The first-order valence-corrected chi connectivity index (χ1v) is 9.62. The summed E-state index contributed by atoms with van der Waals surface area (Å²) in [5, 5.41) is 0. The van der Waals surface area contributed by atoms with E-state index in [0.717, 1.165) is 30.9 Å². The maximum absolute atomic E-state index is 12.4. The Hall–Kier alpha value is -2.73. The predicted molar refractivity (Wildman–Crippen MR) is 108 cm³/mol. The maximum atomic E-state index is 12.4. The molecule has 0 aliphatic carbocycles. The van der Waals surface area contributed by atoms with E-state index >= 15 is 0 Å². The van der Waals surface area contributed by atoms with Gasteiger partial charge in [-0.2, -0.15) is 0 Å². The first-order chi connectivity index (χ1) is 13.7. The number of methoxy groups -OCH3 is 1. The molecule has 6 heteroatoms. The zero-order chi connectivity index (χ0) is 19.8. The number of carbonyl (C=O) groups excluding carboxylic acids is 1. The van der Waals surface area contributed by atoms with Gasteiger partial charge in [0.25, 0.3) is 5.91 Å². The molecule has 3 rings (SSSR count). The van der Waals surface area contributed by atoms with Crippen LogP contribution in [-0.2, 0) is 4.79 Å². The van der Waals surface area contributed by atoms with Crippen molar-refractivity contribution in [2.45, 2.75) is 6.92 Å². The molecule has 1 saturated heterocycles. The van der Waals surface area contributed by atoms with Gasteiger partial charge in [-0.25, -0.2) is 0 Å². The fourth-order valence-electron chi connectivity index (χ4n) is 3.19. The molecule has 0 bridgehead atoms. The van der Waals surface area contributed by atoms with E-state index in [9.17, 15) is 4.79 Å². The molecular weight excluding hydrogens is 356 g/mol. The third-order valence-corrected chi connectivity index (χ3v) is 4.90. The monoisotopic (exact) mass is 384 g/mol. The lowest BCUT2D eigenvalue weighted by Gasteiger charge is -2.34. The van der Waals surface area contributed by atoms with Gasteiger partial charge >= 0.3 is 0 Å². The smallest absolute Gasteiger partial charge is 0.260 e. The molecule has 6 nitrogen and oxygen atoms in total. The second kappa shape index (κ2) is 9.99. The normalized spacial score (nSPS) is 14.6. The van der Waals surface area contributed by atoms with E-state index in [4.69, 9.17) is 14.2 Å². The molecule has 0 aromatic heterocycles. The van der Waals surface area contributed by atoms with Crippen LogP contribution in [0.3, 0.4) is 0 Å². The third kappa shape index (κ3) is 5.39. The van der Waals surface area contributed by atoms with Crippen LogP contribution in [0.25, 0.3) is 0 Å². The van der Waals surface area contributed by atoms with Crippen LogP contribution in [0, 0.1) is 6.92 Å². The summed E-state index contributed by atoms with van der Waals surface area (Å²) in [4.78, 5) is 16.6. The summed E-state index contributed by atoms with van der Waals surface area (Å²) in [7, 11) is 1.59. The number of hydrogen-bond donors (Lipinski definition) is 0. The zero-order valence-corrected chi connectivity index (χ0v) is 16.6. The Balaban J connectivity index is 1.37. The molecule has 1 aliphatic rings. The van der Waals surface area contributed by atoms with Gasteiger partial charge in [-0.15, -0.1) is 0 Å². The molecular formula is C22H28N2O4. The molecule has 0 spiro atoms. The number of hydrogen-bond acceptors (Lipinski definition) is 5. The highest BCUT2D eigenvalue weighted by molar-refractivity contribution is 5.78. The molecule has 28 heavy (non-hydrogen) atoms. The molecule has 2 aromatic rings. The molecule has 0 saturated carbocycles. The molecule has 0 unspecified atom stereocenters. The van der Waals surface area contributed by atoms with Crippen molar-refractivity contribution in [3.63, 3.8) is 0 Å².